The molecule has 1 heterocycles. The van der Waals surface area contributed by atoms with Gasteiger partial charge in [0.1, 0.15) is 5.82 Å². The van der Waals surface area contributed by atoms with E-state index in [0.717, 1.165) is 17.7 Å². The third-order valence-electron chi connectivity index (χ3n) is 4.39. The van der Waals surface area contributed by atoms with Gasteiger partial charge < -0.3 is 9.47 Å². The third-order valence-corrected chi connectivity index (χ3v) is 4.63. The maximum atomic E-state index is 13.2. The maximum Gasteiger partial charge on any atom is 0.254 e. The first-order chi connectivity index (χ1) is 13.1. The van der Waals surface area contributed by atoms with Crippen molar-refractivity contribution in [1.82, 2.24) is 9.47 Å². The number of halogens is 2. The minimum Gasteiger partial charge on any atom is -0.345 e. The van der Waals surface area contributed by atoms with Crippen LogP contribution < -0.4 is 0 Å². The molecule has 0 aliphatic rings. The van der Waals surface area contributed by atoms with Gasteiger partial charge >= 0.3 is 0 Å². The zero-order valence-corrected chi connectivity index (χ0v) is 16.0. The molecule has 1 amide bonds. The summed E-state index contributed by atoms with van der Waals surface area (Å²) in [4.78, 5) is 14.7. The fourth-order valence-corrected chi connectivity index (χ4v) is 3.29. The Balaban J connectivity index is 1.78. The number of rotatable bonds is 7. The lowest BCUT2D eigenvalue weighted by Crippen LogP contribution is -2.32. The summed E-state index contributed by atoms with van der Waals surface area (Å²) in [5, 5.41) is 0.709. The molecule has 0 fully saturated rings. The van der Waals surface area contributed by atoms with Gasteiger partial charge in [0.2, 0.25) is 0 Å². The quantitative estimate of drug-likeness (QED) is 0.536. The zero-order chi connectivity index (χ0) is 19.2. The number of carbonyl (C=O) groups is 1. The second kappa shape index (κ2) is 8.87. The Kier molecular flexibility index (Phi) is 6.30. The highest BCUT2D eigenvalue weighted by molar-refractivity contribution is 6.30. The molecule has 0 spiro atoms. The van der Waals surface area contributed by atoms with E-state index in [1.807, 2.05) is 49.5 Å². The first-order valence-corrected chi connectivity index (χ1v) is 9.38. The Bertz CT molecular complexity index is 905. The molecule has 0 saturated carbocycles. The van der Waals surface area contributed by atoms with Crippen molar-refractivity contribution in [2.45, 2.75) is 26.4 Å². The van der Waals surface area contributed by atoms with Gasteiger partial charge in [0, 0.05) is 35.6 Å². The van der Waals surface area contributed by atoms with Crippen LogP contribution in [0.4, 0.5) is 4.39 Å². The molecule has 0 radical (unpaired) electrons. The van der Waals surface area contributed by atoms with Crippen LogP contribution in [0.25, 0.3) is 0 Å². The third kappa shape index (κ3) is 4.98. The SMILES string of the molecule is CCCN(Cc1cccn1Cc1cccc(Cl)c1)C(=O)c1ccc(F)cc1. The largest absolute Gasteiger partial charge is 0.345 e. The average molecular weight is 385 g/mol. The van der Waals surface area contributed by atoms with E-state index < -0.39 is 0 Å². The molecule has 0 aliphatic carbocycles. The summed E-state index contributed by atoms with van der Waals surface area (Å²) in [6.45, 7) is 3.86. The number of nitrogens with zero attached hydrogens (tertiary/aromatic N) is 2. The highest BCUT2D eigenvalue weighted by atomic mass is 35.5. The van der Waals surface area contributed by atoms with Crippen LogP contribution in [0.1, 0.15) is 35.0 Å². The van der Waals surface area contributed by atoms with E-state index in [0.29, 0.717) is 30.2 Å². The highest BCUT2D eigenvalue weighted by Gasteiger charge is 2.17. The van der Waals surface area contributed by atoms with Crippen molar-refractivity contribution in [2.75, 3.05) is 6.54 Å². The number of carbonyl (C=O) groups excluding carboxylic acids is 1. The van der Waals surface area contributed by atoms with Gasteiger partial charge in [0.25, 0.3) is 5.91 Å². The number of aromatic nitrogens is 1. The van der Waals surface area contributed by atoms with E-state index in [2.05, 4.69) is 4.57 Å². The van der Waals surface area contributed by atoms with Gasteiger partial charge in [-0.1, -0.05) is 30.7 Å². The molecule has 3 rings (SSSR count). The van der Waals surface area contributed by atoms with E-state index in [1.165, 1.54) is 24.3 Å². The predicted molar refractivity (Wildman–Crippen MR) is 106 cm³/mol. The number of hydrogen-bond donors (Lipinski definition) is 0. The summed E-state index contributed by atoms with van der Waals surface area (Å²) in [5.41, 5.74) is 2.64. The second-order valence-electron chi connectivity index (χ2n) is 6.49. The summed E-state index contributed by atoms with van der Waals surface area (Å²) in [7, 11) is 0. The fraction of sp³-hybridized carbons (Fsp3) is 0.227. The number of benzene rings is 2. The molecule has 0 N–H and O–H groups in total. The summed E-state index contributed by atoms with van der Waals surface area (Å²) < 4.78 is 15.3. The molecule has 0 aliphatic heterocycles. The maximum absolute atomic E-state index is 13.2. The van der Waals surface area contributed by atoms with Crippen LogP contribution in [0.5, 0.6) is 0 Å². The Labute approximate surface area is 164 Å². The van der Waals surface area contributed by atoms with Crippen molar-refractivity contribution in [3.63, 3.8) is 0 Å². The molecule has 3 aromatic rings. The summed E-state index contributed by atoms with van der Waals surface area (Å²) in [5.74, 6) is -0.434. The topological polar surface area (TPSA) is 25.2 Å². The predicted octanol–water partition coefficient (Wildman–Crippen LogP) is 5.38. The van der Waals surface area contributed by atoms with Crippen LogP contribution in [0.2, 0.25) is 5.02 Å². The second-order valence-corrected chi connectivity index (χ2v) is 6.93. The lowest BCUT2D eigenvalue weighted by atomic mass is 10.2. The number of amides is 1. The normalized spacial score (nSPS) is 10.8. The Hall–Kier alpha value is -2.59. The van der Waals surface area contributed by atoms with Crippen LogP contribution in [-0.4, -0.2) is 21.9 Å². The molecule has 0 atom stereocenters. The molecular weight excluding hydrogens is 363 g/mol. The first kappa shape index (κ1) is 19.2. The molecule has 0 bridgehead atoms. The zero-order valence-electron chi connectivity index (χ0n) is 15.2. The van der Waals surface area contributed by atoms with Crippen molar-refractivity contribution in [3.8, 4) is 0 Å². The minimum atomic E-state index is -0.344. The van der Waals surface area contributed by atoms with Crippen LogP contribution in [-0.2, 0) is 13.1 Å². The van der Waals surface area contributed by atoms with E-state index in [9.17, 15) is 9.18 Å². The van der Waals surface area contributed by atoms with Crippen LogP contribution in [0.15, 0.2) is 66.9 Å². The Morgan fingerprint density at radius 2 is 1.89 bits per heavy atom. The molecule has 27 heavy (non-hydrogen) atoms. The van der Waals surface area contributed by atoms with E-state index in [-0.39, 0.29) is 11.7 Å². The van der Waals surface area contributed by atoms with Gasteiger partial charge in [-0.2, -0.15) is 0 Å². The molecule has 2 aromatic carbocycles. The van der Waals surface area contributed by atoms with Crippen LogP contribution >= 0.6 is 11.6 Å². The standard InChI is InChI=1S/C22H22ClFN2O/c1-2-12-26(22(27)18-8-10-20(24)11-9-18)16-21-7-4-13-25(21)15-17-5-3-6-19(23)14-17/h3-11,13-14H,2,12,15-16H2,1H3. The van der Waals surface area contributed by atoms with Crippen molar-refractivity contribution >= 4 is 17.5 Å². The molecule has 0 saturated heterocycles. The van der Waals surface area contributed by atoms with Gasteiger partial charge in [-0.3, -0.25) is 4.79 Å². The Morgan fingerprint density at radius 1 is 1.11 bits per heavy atom. The summed E-state index contributed by atoms with van der Waals surface area (Å²) in [6, 6.07) is 17.5. The van der Waals surface area contributed by atoms with Gasteiger partial charge in [-0.25, -0.2) is 4.39 Å². The minimum absolute atomic E-state index is 0.0904. The highest BCUT2D eigenvalue weighted by Crippen LogP contribution is 2.16. The van der Waals surface area contributed by atoms with Gasteiger partial charge in [0.15, 0.2) is 0 Å². The Morgan fingerprint density at radius 3 is 2.59 bits per heavy atom. The number of hydrogen-bond acceptors (Lipinski definition) is 1. The van der Waals surface area contributed by atoms with Crippen molar-refractivity contribution in [1.29, 1.82) is 0 Å². The summed E-state index contributed by atoms with van der Waals surface area (Å²) >= 11 is 6.08. The molecule has 3 nitrogen and oxygen atoms in total. The van der Waals surface area contributed by atoms with E-state index in [1.54, 1.807) is 4.90 Å². The molecule has 5 heteroatoms. The monoisotopic (exact) mass is 384 g/mol. The molecule has 0 unspecified atom stereocenters. The van der Waals surface area contributed by atoms with E-state index in [4.69, 9.17) is 11.6 Å². The molecule has 140 valence electrons. The van der Waals surface area contributed by atoms with Gasteiger partial charge in [-0.05, 0) is 60.5 Å². The van der Waals surface area contributed by atoms with E-state index >= 15 is 0 Å². The van der Waals surface area contributed by atoms with Crippen molar-refractivity contribution in [2.24, 2.45) is 0 Å². The van der Waals surface area contributed by atoms with Crippen LogP contribution in [0.3, 0.4) is 0 Å². The van der Waals surface area contributed by atoms with Crippen LogP contribution in [0, 0.1) is 5.82 Å². The lowest BCUT2D eigenvalue weighted by molar-refractivity contribution is 0.0739. The smallest absolute Gasteiger partial charge is 0.254 e. The van der Waals surface area contributed by atoms with Crippen molar-refractivity contribution in [3.05, 3.63) is 94.5 Å². The van der Waals surface area contributed by atoms with Gasteiger partial charge in [0.05, 0.1) is 6.54 Å². The molecule has 1 aromatic heterocycles. The first-order valence-electron chi connectivity index (χ1n) is 9.00. The van der Waals surface area contributed by atoms with Crippen molar-refractivity contribution < 1.29 is 9.18 Å². The molecular formula is C22H22ClFN2O. The lowest BCUT2D eigenvalue weighted by Gasteiger charge is -2.23. The fourth-order valence-electron chi connectivity index (χ4n) is 3.07. The van der Waals surface area contributed by atoms with Gasteiger partial charge in [-0.15, -0.1) is 0 Å². The average Bonchev–Trinajstić information content (AvgIpc) is 3.08. The summed E-state index contributed by atoms with van der Waals surface area (Å²) in [6.07, 6.45) is 2.85.